The Labute approximate surface area is 171 Å². The molecule has 5 rings (SSSR count). The highest BCUT2D eigenvalue weighted by molar-refractivity contribution is 7.99. The van der Waals surface area contributed by atoms with Crippen LogP contribution < -0.4 is 10.6 Å². The van der Waals surface area contributed by atoms with Gasteiger partial charge in [0.1, 0.15) is 0 Å². The van der Waals surface area contributed by atoms with Crippen molar-refractivity contribution in [3.8, 4) is 0 Å². The monoisotopic (exact) mass is 396 g/mol. The van der Waals surface area contributed by atoms with Crippen molar-refractivity contribution in [2.75, 3.05) is 10.6 Å². The Bertz CT molecular complexity index is 1260. The molecule has 29 heavy (non-hydrogen) atoms. The van der Waals surface area contributed by atoms with Crippen molar-refractivity contribution < 1.29 is 9.59 Å². The molecular formula is C24H16N2O2S. The van der Waals surface area contributed by atoms with E-state index in [0.29, 0.717) is 27.9 Å². The molecule has 1 aliphatic heterocycles. The summed E-state index contributed by atoms with van der Waals surface area (Å²) in [5, 5.41) is 1.58. The summed E-state index contributed by atoms with van der Waals surface area (Å²) < 4.78 is 0. The third-order valence-electron chi connectivity index (χ3n) is 5.02. The molecule has 0 spiro atoms. The van der Waals surface area contributed by atoms with Gasteiger partial charge in [-0.05, 0) is 47.9 Å². The van der Waals surface area contributed by atoms with Crippen molar-refractivity contribution in [3.63, 3.8) is 0 Å². The number of para-hydroxylation sites is 2. The maximum absolute atomic E-state index is 13.2. The van der Waals surface area contributed by atoms with Gasteiger partial charge in [-0.1, -0.05) is 54.2 Å². The Morgan fingerprint density at radius 3 is 2.10 bits per heavy atom. The maximum Gasteiger partial charge on any atom is 0.265 e. The maximum atomic E-state index is 13.2. The van der Waals surface area contributed by atoms with Crippen LogP contribution in [0.3, 0.4) is 0 Å². The molecule has 4 aromatic rings. The number of rotatable bonds is 3. The number of hydrogen-bond acceptors (Lipinski definition) is 4. The molecule has 1 aliphatic rings. The second-order valence-corrected chi connectivity index (χ2v) is 7.84. The SMILES string of the molecule is Nc1ccccc1Sc1ccc2c3c(cccc13)C(=O)N(c1ccccc1)C2=O. The van der Waals surface area contributed by atoms with E-state index >= 15 is 0 Å². The number of nitrogens with two attached hydrogens (primary N) is 1. The van der Waals surface area contributed by atoms with E-state index in [1.165, 1.54) is 16.7 Å². The zero-order valence-corrected chi connectivity index (χ0v) is 16.1. The van der Waals surface area contributed by atoms with Gasteiger partial charge in [-0.2, -0.15) is 0 Å². The van der Waals surface area contributed by atoms with Gasteiger partial charge >= 0.3 is 0 Å². The standard InChI is InChI=1S/C24H16N2O2S/c25-19-11-4-5-12-21(19)29-20-14-13-18-22-16(20)9-6-10-17(22)23(27)26(24(18)28)15-7-2-1-3-8-15/h1-14H,25H2. The number of nitrogen functional groups attached to an aromatic ring is 1. The summed E-state index contributed by atoms with van der Waals surface area (Å²) in [6.45, 7) is 0. The first kappa shape index (κ1) is 17.5. The average molecular weight is 396 g/mol. The quantitative estimate of drug-likeness (QED) is 0.373. The van der Waals surface area contributed by atoms with Crippen molar-refractivity contribution >= 4 is 45.7 Å². The zero-order valence-electron chi connectivity index (χ0n) is 15.3. The first-order chi connectivity index (χ1) is 14.1. The minimum Gasteiger partial charge on any atom is -0.398 e. The van der Waals surface area contributed by atoms with Gasteiger partial charge in [-0.3, -0.25) is 9.59 Å². The Balaban J connectivity index is 1.68. The molecule has 0 fully saturated rings. The van der Waals surface area contributed by atoms with Gasteiger partial charge in [0.15, 0.2) is 0 Å². The summed E-state index contributed by atoms with van der Waals surface area (Å²) in [4.78, 5) is 29.6. The van der Waals surface area contributed by atoms with Crippen LogP contribution in [0.15, 0.2) is 94.7 Å². The molecule has 0 saturated carbocycles. The summed E-state index contributed by atoms with van der Waals surface area (Å²) in [6, 6.07) is 26.0. The number of carbonyl (C=O) groups excluding carboxylic acids is 2. The number of imide groups is 1. The fourth-order valence-corrected chi connectivity index (χ4v) is 4.65. The number of benzene rings is 4. The van der Waals surface area contributed by atoms with Crippen LogP contribution in [0.5, 0.6) is 0 Å². The molecule has 5 heteroatoms. The van der Waals surface area contributed by atoms with E-state index in [1.807, 2.05) is 60.7 Å². The van der Waals surface area contributed by atoms with E-state index < -0.39 is 0 Å². The second-order valence-electron chi connectivity index (χ2n) is 6.76. The van der Waals surface area contributed by atoms with Crippen molar-refractivity contribution in [2.24, 2.45) is 0 Å². The summed E-state index contributed by atoms with van der Waals surface area (Å²) in [7, 11) is 0. The van der Waals surface area contributed by atoms with Crippen molar-refractivity contribution in [2.45, 2.75) is 9.79 Å². The zero-order chi connectivity index (χ0) is 20.0. The number of anilines is 2. The van der Waals surface area contributed by atoms with Gasteiger partial charge in [0, 0.05) is 32.0 Å². The molecule has 0 saturated heterocycles. The van der Waals surface area contributed by atoms with Crippen LogP contribution in [0.4, 0.5) is 11.4 Å². The van der Waals surface area contributed by atoms with Gasteiger partial charge < -0.3 is 5.73 Å². The molecule has 4 nitrogen and oxygen atoms in total. The highest BCUT2D eigenvalue weighted by Crippen LogP contribution is 2.40. The largest absolute Gasteiger partial charge is 0.398 e. The molecule has 140 valence electrons. The normalized spacial score (nSPS) is 13.2. The van der Waals surface area contributed by atoms with Crippen LogP contribution in [-0.4, -0.2) is 11.8 Å². The topological polar surface area (TPSA) is 63.4 Å². The minimum absolute atomic E-state index is 0.305. The van der Waals surface area contributed by atoms with Crippen LogP contribution in [-0.2, 0) is 0 Å². The van der Waals surface area contributed by atoms with Crippen LogP contribution in [0.25, 0.3) is 10.8 Å². The lowest BCUT2D eigenvalue weighted by molar-refractivity contribution is 0.0893. The van der Waals surface area contributed by atoms with Crippen LogP contribution in [0, 0.1) is 0 Å². The van der Waals surface area contributed by atoms with E-state index in [2.05, 4.69) is 0 Å². The highest BCUT2D eigenvalue weighted by atomic mass is 32.2. The predicted molar refractivity (Wildman–Crippen MR) is 117 cm³/mol. The first-order valence-corrected chi connectivity index (χ1v) is 9.99. The highest BCUT2D eigenvalue weighted by Gasteiger charge is 2.34. The molecule has 0 unspecified atom stereocenters. The van der Waals surface area contributed by atoms with Crippen molar-refractivity contribution in [1.29, 1.82) is 0 Å². The van der Waals surface area contributed by atoms with Crippen molar-refractivity contribution in [1.82, 2.24) is 0 Å². The van der Waals surface area contributed by atoms with Gasteiger partial charge in [-0.15, -0.1) is 0 Å². The Kier molecular flexibility index (Phi) is 4.11. The molecule has 0 bridgehead atoms. The summed E-state index contributed by atoms with van der Waals surface area (Å²) >= 11 is 1.53. The second kappa shape index (κ2) is 6.79. The average Bonchev–Trinajstić information content (AvgIpc) is 2.75. The van der Waals surface area contributed by atoms with Crippen LogP contribution >= 0.6 is 11.8 Å². The van der Waals surface area contributed by atoms with E-state index in [-0.39, 0.29) is 11.8 Å². The van der Waals surface area contributed by atoms with Crippen molar-refractivity contribution in [3.05, 3.63) is 96.1 Å². The number of carbonyl (C=O) groups is 2. The molecule has 0 atom stereocenters. The van der Waals surface area contributed by atoms with Gasteiger partial charge in [-0.25, -0.2) is 4.90 Å². The summed E-state index contributed by atoms with van der Waals surface area (Å²) in [6.07, 6.45) is 0. The Morgan fingerprint density at radius 2 is 1.34 bits per heavy atom. The molecule has 1 heterocycles. The lowest BCUT2D eigenvalue weighted by Gasteiger charge is -2.27. The number of hydrogen-bond donors (Lipinski definition) is 1. The fraction of sp³-hybridized carbons (Fsp3) is 0. The molecule has 0 radical (unpaired) electrons. The third kappa shape index (κ3) is 2.79. The predicted octanol–water partition coefficient (Wildman–Crippen LogP) is 5.37. The van der Waals surface area contributed by atoms with Gasteiger partial charge in [0.2, 0.25) is 0 Å². The molecule has 2 N–H and O–H groups in total. The van der Waals surface area contributed by atoms with Crippen LogP contribution in [0.1, 0.15) is 20.7 Å². The Hall–Kier alpha value is -3.57. The Morgan fingerprint density at radius 1 is 0.655 bits per heavy atom. The molecule has 2 amide bonds. The molecular weight excluding hydrogens is 380 g/mol. The van der Waals surface area contributed by atoms with E-state index in [0.717, 1.165) is 15.2 Å². The minimum atomic E-state index is -0.305. The lowest BCUT2D eigenvalue weighted by Crippen LogP contribution is -2.40. The number of nitrogens with zero attached hydrogens (tertiary/aromatic N) is 1. The first-order valence-electron chi connectivity index (χ1n) is 9.17. The summed E-state index contributed by atoms with van der Waals surface area (Å²) in [5.74, 6) is -0.610. The van der Waals surface area contributed by atoms with E-state index in [1.54, 1.807) is 24.3 Å². The molecule has 0 aromatic heterocycles. The van der Waals surface area contributed by atoms with Crippen LogP contribution in [0.2, 0.25) is 0 Å². The molecule has 0 aliphatic carbocycles. The van der Waals surface area contributed by atoms with Gasteiger partial charge in [0.25, 0.3) is 11.8 Å². The number of amides is 2. The fourth-order valence-electron chi connectivity index (χ4n) is 3.66. The summed E-state index contributed by atoms with van der Waals surface area (Å²) in [5.41, 5.74) is 8.43. The third-order valence-corrected chi connectivity index (χ3v) is 6.19. The lowest BCUT2D eigenvalue weighted by atomic mass is 9.93. The van der Waals surface area contributed by atoms with E-state index in [4.69, 9.17) is 5.73 Å². The molecule has 4 aromatic carbocycles. The van der Waals surface area contributed by atoms with E-state index in [9.17, 15) is 9.59 Å². The smallest absolute Gasteiger partial charge is 0.265 e. The van der Waals surface area contributed by atoms with Gasteiger partial charge in [0.05, 0.1) is 5.69 Å².